The number of pyridine rings is 1. The molecule has 0 fully saturated rings. The fourth-order valence-electron chi connectivity index (χ4n) is 3.22. The van der Waals surface area contributed by atoms with Gasteiger partial charge in [0, 0.05) is 11.7 Å². The van der Waals surface area contributed by atoms with Gasteiger partial charge in [-0.2, -0.15) is 4.99 Å². The molecule has 1 aromatic heterocycles. The molecule has 0 atom stereocenters. The highest BCUT2D eigenvalue weighted by molar-refractivity contribution is 5.82. The first kappa shape index (κ1) is 18.9. The number of aryl methyl sites for hydroxylation is 3. The van der Waals surface area contributed by atoms with Crippen molar-refractivity contribution in [2.75, 3.05) is 6.54 Å². The lowest BCUT2D eigenvalue weighted by Crippen LogP contribution is -2.43. The molecule has 25 heavy (non-hydrogen) atoms. The Kier molecular flexibility index (Phi) is 5.77. The summed E-state index contributed by atoms with van der Waals surface area (Å²) >= 11 is 0. The van der Waals surface area contributed by atoms with Crippen LogP contribution in [0.15, 0.2) is 22.6 Å². The second-order valence-electron chi connectivity index (χ2n) is 6.36. The van der Waals surface area contributed by atoms with Crippen LogP contribution >= 0.6 is 0 Å². The van der Waals surface area contributed by atoms with Crippen molar-refractivity contribution in [3.63, 3.8) is 0 Å². The molecule has 0 saturated heterocycles. The lowest BCUT2D eigenvalue weighted by Gasteiger charge is -2.33. The van der Waals surface area contributed by atoms with Crippen LogP contribution in [-0.4, -0.2) is 33.2 Å². The lowest BCUT2D eigenvalue weighted by molar-refractivity contribution is -0.430. The second kappa shape index (κ2) is 7.63. The Labute approximate surface area is 148 Å². The minimum Gasteiger partial charge on any atom is -0.432 e. The van der Waals surface area contributed by atoms with Gasteiger partial charge in [0.05, 0.1) is 10.6 Å². The third-order valence-electron chi connectivity index (χ3n) is 4.50. The normalized spacial score (nSPS) is 14.8. The zero-order valence-electron chi connectivity index (χ0n) is 15.8. The Hall–Kier alpha value is -2.44. The number of nitro groups is 1. The predicted molar refractivity (Wildman–Crippen MR) is 97.3 cm³/mol. The molecule has 7 nitrogen and oxygen atoms in total. The van der Waals surface area contributed by atoms with Crippen LogP contribution in [0.2, 0.25) is 0 Å². The van der Waals surface area contributed by atoms with Crippen LogP contribution < -0.4 is 4.74 Å². The van der Waals surface area contributed by atoms with Gasteiger partial charge in [-0.1, -0.05) is 13.8 Å². The van der Waals surface area contributed by atoms with Crippen LogP contribution in [0.1, 0.15) is 50.6 Å². The third kappa shape index (κ3) is 3.97. The molecule has 1 aliphatic rings. The number of aliphatic imine (C=N–C) groups is 1. The maximum Gasteiger partial charge on any atom is 0.327 e. The van der Waals surface area contributed by atoms with Gasteiger partial charge < -0.3 is 9.64 Å². The van der Waals surface area contributed by atoms with E-state index in [9.17, 15) is 10.1 Å². The van der Waals surface area contributed by atoms with Crippen LogP contribution in [0.3, 0.4) is 0 Å². The van der Waals surface area contributed by atoms with Crippen molar-refractivity contribution < 1.29 is 9.66 Å². The summed E-state index contributed by atoms with van der Waals surface area (Å²) in [7, 11) is 0. The first-order valence-electron chi connectivity index (χ1n) is 8.60. The summed E-state index contributed by atoms with van der Waals surface area (Å²) in [6.45, 7) is 11.9. The van der Waals surface area contributed by atoms with Crippen LogP contribution in [0.4, 0.5) is 0 Å². The molecule has 0 aromatic carbocycles. The number of nitrogens with zero attached hydrogens (tertiary/aromatic N) is 4. The molecule has 0 spiro atoms. The summed E-state index contributed by atoms with van der Waals surface area (Å²) in [6.07, 6.45) is 1.81. The van der Waals surface area contributed by atoms with E-state index >= 15 is 0 Å². The molecular weight excluding hydrogens is 320 g/mol. The summed E-state index contributed by atoms with van der Waals surface area (Å²) in [5.74, 6) is 1.33. The zero-order valence-corrected chi connectivity index (χ0v) is 15.8. The average Bonchev–Trinajstić information content (AvgIpc) is 2.53. The summed E-state index contributed by atoms with van der Waals surface area (Å²) in [6, 6.07) is 2.12. The van der Waals surface area contributed by atoms with Crippen LogP contribution in [-0.2, 0) is 0 Å². The Bertz CT molecular complexity index is 713. The molecule has 0 saturated carbocycles. The molecule has 0 radical (unpaired) electrons. The van der Waals surface area contributed by atoms with E-state index in [1.54, 1.807) is 0 Å². The van der Waals surface area contributed by atoms with Crippen molar-refractivity contribution in [2.24, 2.45) is 4.99 Å². The van der Waals surface area contributed by atoms with Crippen molar-refractivity contribution in [1.29, 1.82) is 0 Å². The van der Waals surface area contributed by atoms with E-state index in [-0.39, 0.29) is 24.2 Å². The number of rotatable bonds is 6. The van der Waals surface area contributed by atoms with Gasteiger partial charge in [0.1, 0.15) is 12.4 Å². The van der Waals surface area contributed by atoms with Crippen molar-refractivity contribution in [1.82, 2.24) is 9.88 Å². The van der Waals surface area contributed by atoms with Gasteiger partial charge in [0.25, 0.3) is 5.88 Å². The van der Waals surface area contributed by atoms with Crippen LogP contribution in [0.25, 0.3) is 0 Å². The quantitative estimate of drug-likeness (QED) is 0.579. The van der Waals surface area contributed by atoms with Crippen LogP contribution in [0, 0.1) is 30.9 Å². The molecular formula is C18H26N4O3. The molecule has 0 N–H and O–H groups in total. The highest BCUT2D eigenvalue weighted by Gasteiger charge is 2.32. The minimum absolute atomic E-state index is 0.0168. The van der Waals surface area contributed by atoms with Crippen molar-refractivity contribution in [2.45, 2.75) is 60.4 Å². The van der Waals surface area contributed by atoms with E-state index in [1.807, 2.05) is 38.7 Å². The minimum atomic E-state index is -0.396. The largest absolute Gasteiger partial charge is 0.432 e. The predicted octanol–water partition coefficient (Wildman–Crippen LogP) is 3.75. The fourth-order valence-corrected chi connectivity index (χ4v) is 3.22. The van der Waals surface area contributed by atoms with Gasteiger partial charge in [-0.25, -0.2) is 0 Å². The molecule has 0 amide bonds. The fraction of sp³-hybridized carbons (Fsp3) is 0.556. The molecule has 1 aliphatic heterocycles. The van der Waals surface area contributed by atoms with Crippen molar-refractivity contribution in [3.8, 4) is 5.75 Å². The van der Waals surface area contributed by atoms with E-state index in [0.29, 0.717) is 11.4 Å². The lowest BCUT2D eigenvalue weighted by atomic mass is 10.1. The first-order chi connectivity index (χ1) is 11.8. The summed E-state index contributed by atoms with van der Waals surface area (Å²) in [4.78, 5) is 22.0. The standard InChI is InChI=1S/C18H26N4O3/c1-7-15(8-2)21-10-16(22(23)24)18(20-14(21)6)25-17-11(3)9-12(4)19-13(17)5/h9,15H,7-8,10H2,1-6H3. The Morgan fingerprint density at radius 2 is 1.92 bits per heavy atom. The molecule has 7 heteroatoms. The van der Waals surface area contributed by atoms with E-state index in [2.05, 4.69) is 23.8 Å². The molecule has 2 heterocycles. The number of amidine groups is 1. The average molecular weight is 346 g/mol. The highest BCUT2D eigenvalue weighted by atomic mass is 16.6. The summed E-state index contributed by atoms with van der Waals surface area (Å²) in [5.41, 5.74) is 2.45. The first-order valence-corrected chi connectivity index (χ1v) is 8.60. The van der Waals surface area contributed by atoms with Crippen molar-refractivity contribution >= 4 is 5.84 Å². The molecule has 2 rings (SSSR count). The monoisotopic (exact) mass is 346 g/mol. The number of hydrogen-bond acceptors (Lipinski definition) is 6. The van der Waals surface area contributed by atoms with E-state index in [1.165, 1.54) is 0 Å². The molecule has 1 aromatic rings. The molecule has 0 unspecified atom stereocenters. The molecule has 0 aliphatic carbocycles. The van der Waals surface area contributed by atoms with Gasteiger partial charge in [-0.15, -0.1) is 0 Å². The molecule has 0 bridgehead atoms. The SMILES string of the molecule is CCC(CC)N1CC([N+](=O)[O-])=C(Oc2c(C)cc(C)nc2C)N=C1C. The number of ether oxygens (including phenoxy) is 1. The number of aromatic nitrogens is 1. The van der Waals surface area contributed by atoms with Gasteiger partial charge in [0.15, 0.2) is 5.75 Å². The van der Waals surface area contributed by atoms with E-state index in [4.69, 9.17) is 4.74 Å². The summed E-state index contributed by atoms with van der Waals surface area (Å²) < 4.78 is 5.87. The third-order valence-corrected chi connectivity index (χ3v) is 4.50. The van der Waals surface area contributed by atoms with E-state index in [0.717, 1.165) is 29.9 Å². The van der Waals surface area contributed by atoms with Gasteiger partial charge in [-0.05, 0) is 52.2 Å². The second-order valence-corrected chi connectivity index (χ2v) is 6.36. The highest BCUT2D eigenvalue weighted by Crippen LogP contribution is 2.28. The zero-order chi connectivity index (χ0) is 18.7. The smallest absolute Gasteiger partial charge is 0.327 e. The topological polar surface area (TPSA) is 80.9 Å². The summed E-state index contributed by atoms with van der Waals surface area (Å²) in [5, 5.41) is 11.6. The number of hydrogen-bond donors (Lipinski definition) is 0. The Morgan fingerprint density at radius 1 is 1.28 bits per heavy atom. The maximum atomic E-state index is 11.6. The van der Waals surface area contributed by atoms with Crippen molar-refractivity contribution in [3.05, 3.63) is 44.7 Å². The Morgan fingerprint density at radius 3 is 2.44 bits per heavy atom. The molecule has 136 valence electrons. The van der Waals surface area contributed by atoms with Crippen LogP contribution in [0.5, 0.6) is 5.75 Å². The maximum absolute atomic E-state index is 11.6. The van der Waals surface area contributed by atoms with Gasteiger partial charge >= 0.3 is 5.70 Å². The van der Waals surface area contributed by atoms with Gasteiger partial charge in [-0.3, -0.25) is 15.1 Å². The Balaban J connectivity index is 2.42. The van der Waals surface area contributed by atoms with E-state index < -0.39 is 4.92 Å². The van der Waals surface area contributed by atoms with Gasteiger partial charge in [0.2, 0.25) is 0 Å².